The summed E-state index contributed by atoms with van der Waals surface area (Å²) in [7, 11) is 0. The first-order valence-corrected chi connectivity index (χ1v) is 5.29. The van der Waals surface area contributed by atoms with Gasteiger partial charge >= 0.3 is 0 Å². The average molecular weight is 212 g/mol. The third-order valence-electron chi connectivity index (χ3n) is 2.50. The van der Waals surface area contributed by atoms with Crippen LogP contribution in [0.5, 0.6) is 5.75 Å². The number of hydrogen-bond acceptors (Lipinski definition) is 2. The summed E-state index contributed by atoms with van der Waals surface area (Å²) in [6.07, 6.45) is 1.30. The van der Waals surface area contributed by atoms with Crippen molar-refractivity contribution in [1.82, 2.24) is 0 Å². The van der Waals surface area contributed by atoms with Gasteiger partial charge in [0.05, 0.1) is 12.2 Å². The molecule has 0 bridgehead atoms. The minimum Gasteiger partial charge on any atom is -0.486 e. The van der Waals surface area contributed by atoms with Crippen LogP contribution < -0.4 is 10.1 Å². The fourth-order valence-electron chi connectivity index (χ4n) is 1.68. The molecule has 1 atom stereocenters. The Balaban J connectivity index is 2.37. The predicted octanol–water partition coefficient (Wildman–Crippen LogP) is 3.23. The minimum absolute atomic E-state index is 0.280. The van der Waals surface area contributed by atoms with E-state index in [2.05, 4.69) is 12.2 Å². The summed E-state index contributed by atoms with van der Waals surface area (Å²) in [4.78, 5) is 0. The first kappa shape index (κ1) is 9.66. The van der Waals surface area contributed by atoms with Crippen molar-refractivity contribution in [2.75, 3.05) is 11.9 Å². The Hall–Kier alpha value is -0.890. The molecule has 0 radical (unpaired) electrons. The SMILES string of the molecule is CCC1CNc2cc(Cl)cc(C)c2O1. The third-order valence-corrected chi connectivity index (χ3v) is 2.72. The largest absolute Gasteiger partial charge is 0.486 e. The monoisotopic (exact) mass is 211 g/mol. The van der Waals surface area contributed by atoms with E-state index in [0.29, 0.717) is 0 Å². The predicted molar refractivity (Wildman–Crippen MR) is 59.4 cm³/mol. The molecule has 0 amide bonds. The molecule has 1 heterocycles. The van der Waals surface area contributed by atoms with Crippen molar-refractivity contribution in [1.29, 1.82) is 0 Å². The lowest BCUT2D eigenvalue weighted by Crippen LogP contribution is -2.30. The van der Waals surface area contributed by atoms with E-state index in [1.54, 1.807) is 0 Å². The maximum atomic E-state index is 5.96. The van der Waals surface area contributed by atoms with Crippen molar-refractivity contribution < 1.29 is 4.74 Å². The van der Waals surface area contributed by atoms with Gasteiger partial charge < -0.3 is 10.1 Å². The van der Waals surface area contributed by atoms with Crippen molar-refractivity contribution in [2.45, 2.75) is 26.4 Å². The molecule has 0 fully saturated rings. The number of fused-ring (bicyclic) bond motifs is 1. The average Bonchev–Trinajstić information content (AvgIpc) is 2.17. The normalized spacial score (nSPS) is 19.5. The number of benzene rings is 1. The van der Waals surface area contributed by atoms with Crippen molar-refractivity contribution in [3.05, 3.63) is 22.7 Å². The molecular formula is C11H14ClNO. The summed E-state index contributed by atoms with van der Waals surface area (Å²) in [5, 5.41) is 4.09. The maximum absolute atomic E-state index is 5.96. The van der Waals surface area contributed by atoms with E-state index in [9.17, 15) is 0 Å². The summed E-state index contributed by atoms with van der Waals surface area (Å²) in [6.45, 7) is 5.01. The van der Waals surface area contributed by atoms with Crippen LogP contribution in [0.1, 0.15) is 18.9 Å². The summed E-state index contributed by atoms with van der Waals surface area (Å²) >= 11 is 5.96. The van der Waals surface area contributed by atoms with Gasteiger partial charge in [-0.25, -0.2) is 0 Å². The quantitative estimate of drug-likeness (QED) is 0.770. The van der Waals surface area contributed by atoms with Crippen molar-refractivity contribution in [2.24, 2.45) is 0 Å². The standard InChI is InChI=1S/C11H14ClNO/c1-3-9-6-13-10-5-8(12)4-7(2)11(10)14-9/h4-5,9,13H,3,6H2,1-2H3. The topological polar surface area (TPSA) is 21.3 Å². The summed E-state index contributed by atoms with van der Waals surface area (Å²) < 4.78 is 5.85. The van der Waals surface area contributed by atoms with Gasteiger partial charge in [-0.1, -0.05) is 18.5 Å². The van der Waals surface area contributed by atoms with Crippen LogP contribution >= 0.6 is 11.6 Å². The van der Waals surface area contributed by atoms with E-state index in [-0.39, 0.29) is 6.10 Å². The fraction of sp³-hybridized carbons (Fsp3) is 0.455. The van der Waals surface area contributed by atoms with Crippen LogP contribution in [0.15, 0.2) is 12.1 Å². The Bertz CT molecular complexity index is 351. The molecule has 2 rings (SSSR count). The maximum Gasteiger partial charge on any atom is 0.145 e. The van der Waals surface area contributed by atoms with Gasteiger partial charge in [-0.05, 0) is 31.0 Å². The molecule has 1 aliphatic heterocycles. The smallest absolute Gasteiger partial charge is 0.145 e. The van der Waals surface area contributed by atoms with Crippen LogP contribution in [0.2, 0.25) is 5.02 Å². The van der Waals surface area contributed by atoms with Gasteiger partial charge in [0.25, 0.3) is 0 Å². The second-order valence-electron chi connectivity index (χ2n) is 3.63. The van der Waals surface area contributed by atoms with Crippen LogP contribution in [0, 0.1) is 6.92 Å². The van der Waals surface area contributed by atoms with Gasteiger partial charge in [-0.15, -0.1) is 0 Å². The highest BCUT2D eigenvalue weighted by atomic mass is 35.5. The van der Waals surface area contributed by atoms with Crippen LogP contribution in [-0.2, 0) is 0 Å². The summed E-state index contributed by atoms with van der Waals surface area (Å²) in [5.41, 5.74) is 2.11. The molecule has 0 saturated heterocycles. The van der Waals surface area contributed by atoms with Gasteiger partial charge in [0.1, 0.15) is 11.9 Å². The number of anilines is 1. The zero-order valence-corrected chi connectivity index (χ0v) is 9.19. The summed E-state index contributed by atoms with van der Waals surface area (Å²) in [5.74, 6) is 0.951. The first-order chi connectivity index (χ1) is 6.70. The van der Waals surface area contributed by atoms with Crippen LogP contribution in [0.4, 0.5) is 5.69 Å². The van der Waals surface area contributed by atoms with E-state index in [4.69, 9.17) is 16.3 Å². The zero-order valence-electron chi connectivity index (χ0n) is 8.43. The second kappa shape index (κ2) is 3.70. The molecule has 76 valence electrons. The zero-order chi connectivity index (χ0) is 10.1. The van der Waals surface area contributed by atoms with Gasteiger partial charge in [0, 0.05) is 5.02 Å². The van der Waals surface area contributed by atoms with E-state index in [1.165, 1.54) is 0 Å². The third kappa shape index (κ3) is 1.67. The Morgan fingerprint density at radius 2 is 2.36 bits per heavy atom. The van der Waals surface area contributed by atoms with E-state index in [0.717, 1.165) is 35.0 Å². The lowest BCUT2D eigenvalue weighted by atomic mass is 10.1. The number of ether oxygens (including phenoxy) is 1. The van der Waals surface area contributed by atoms with Crippen molar-refractivity contribution in [3.63, 3.8) is 0 Å². The molecule has 1 aromatic rings. The van der Waals surface area contributed by atoms with E-state index in [1.807, 2.05) is 19.1 Å². The van der Waals surface area contributed by atoms with Crippen LogP contribution in [0.3, 0.4) is 0 Å². The van der Waals surface area contributed by atoms with Gasteiger partial charge in [0.15, 0.2) is 0 Å². The molecule has 14 heavy (non-hydrogen) atoms. The molecule has 2 nitrogen and oxygen atoms in total. The molecule has 1 N–H and O–H groups in total. The molecule has 0 saturated carbocycles. The number of aryl methyl sites for hydroxylation is 1. The van der Waals surface area contributed by atoms with E-state index < -0.39 is 0 Å². The Kier molecular flexibility index (Phi) is 2.55. The number of hydrogen-bond donors (Lipinski definition) is 1. The molecule has 1 aliphatic rings. The van der Waals surface area contributed by atoms with Gasteiger partial charge in [0.2, 0.25) is 0 Å². The molecule has 0 aliphatic carbocycles. The number of nitrogens with one attached hydrogen (secondary N) is 1. The Morgan fingerprint density at radius 3 is 3.07 bits per heavy atom. The lowest BCUT2D eigenvalue weighted by Gasteiger charge is -2.28. The Morgan fingerprint density at radius 1 is 1.57 bits per heavy atom. The van der Waals surface area contributed by atoms with Crippen LogP contribution in [0.25, 0.3) is 0 Å². The number of rotatable bonds is 1. The first-order valence-electron chi connectivity index (χ1n) is 4.91. The number of halogens is 1. The highest BCUT2D eigenvalue weighted by Gasteiger charge is 2.19. The van der Waals surface area contributed by atoms with Crippen molar-refractivity contribution in [3.8, 4) is 5.75 Å². The molecule has 0 aromatic heterocycles. The highest BCUT2D eigenvalue weighted by Crippen LogP contribution is 2.35. The van der Waals surface area contributed by atoms with Crippen molar-refractivity contribution >= 4 is 17.3 Å². The van der Waals surface area contributed by atoms with Crippen LogP contribution in [-0.4, -0.2) is 12.6 Å². The highest BCUT2D eigenvalue weighted by molar-refractivity contribution is 6.31. The minimum atomic E-state index is 0.280. The van der Waals surface area contributed by atoms with E-state index >= 15 is 0 Å². The summed E-state index contributed by atoms with van der Waals surface area (Å²) in [6, 6.07) is 3.84. The fourth-order valence-corrected chi connectivity index (χ4v) is 1.95. The molecule has 1 aromatic carbocycles. The molecule has 3 heteroatoms. The molecular weight excluding hydrogens is 198 g/mol. The second-order valence-corrected chi connectivity index (χ2v) is 4.06. The van der Waals surface area contributed by atoms with Gasteiger partial charge in [-0.2, -0.15) is 0 Å². The van der Waals surface area contributed by atoms with Gasteiger partial charge in [-0.3, -0.25) is 0 Å². The molecule has 0 spiro atoms. The lowest BCUT2D eigenvalue weighted by molar-refractivity contribution is 0.200. The molecule has 1 unspecified atom stereocenters. The Labute approximate surface area is 89.2 Å².